The molecule has 0 spiro atoms. The Bertz CT molecular complexity index is 313. The fourth-order valence-electron chi connectivity index (χ4n) is 1.66. The van der Waals surface area contributed by atoms with E-state index in [1.165, 1.54) is 10.6 Å². The van der Waals surface area contributed by atoms with Gasteiger partial charge < -0.3 is 5.32 Å². The summed E-state index contributed by atoms with van der Waals surface area (Å²) in [5.41, 5.74) is 0. The fourth-order valence-corrected chi connectivity index (χ4v) is 2.57. The standard InChI is InChI=1S/C8H16N2O3S/c1-9-8(11)7-4-3-5-10(6-7)14(2,12)13/h7H,3-6H2,1-2H3,(H,9,11)/t7-/m0/s1. The minimum absolute atomic E-state index is 0.0710. The number of carbonyl (C=O) groups excluding carboxylic acids is 1. The van der Waals surface area contributed by atoms with E-state index in [2.05, 4.69) is 5.32 Å². The first-order valence-electron chi connectivity index (χ1n) is 4.62. The summed E-state index contributed by atoms with van der Waals surface area (Å²) in [6, 6.07) is 0. The summed E-state index contributed by atoms with van der Waals surface area (Å²) in [7, 11) is -1.58. The zero-order chi connectivity index (χ0) is 10.8. The van der Waals surface area contributed by atoms with Crippen LogP contribution < -0.4 is 5.32 Å². The summed E-state index contributed by atoms with van der Waals surface area (Å²) in [5.74, 6) is -0.262. The Morgan fingerprint density at radius 3 is 2.64 bits per heavy atom. The molecule has 0 aromatic carbocycles. The van der Waals surface area contributed by atoms with Gasteiger partial charge in [0.1, 0.15) is 0 Å². The van der Waals surface area contributed by atoms with Gasteiger partial charge in [0.15, 0.2) is 0 Å². The Morgan fingerprint density at radius 2 is 2.14 bits per heavy atom. The third kappa shape index (κ3) is 2.68. The van der Waals surface area contributed by atoms with Crippen molar-refractivity contribution in [1.82, 2.24) is 9.62 Å². The van der Waals surface area contributed by atoms with E-state index in [1.807, 2.05) is 0 Å². The topological polar surface area (TPSA) is 66.5 Å². The smallest absolute Gasteiger partial charge is 0.224 e. The van der Waals surface area contributed by atoms with E-state index in [0.29, 0.717) is 13.1 Å². The van der Waals surface area contributed by atoms with Crippen molar-refractivity contribution in [2.45, 2.75) is 12.8 Å². The van der Waals surface area contributed by atoms with Gasteiger partial charge in [-0.2, -0.15) is 0 Å². The summed E-state index contributed by atoms with van der Waals surface area (Å²) >= 11 is 0. The van der Waals surface area contributed by atoms with Gasteiger partial charge in [0.25, 0.3) is 0 Å². The second kappa shape index (κ2) is 4.27. The van der Waals surface area contributed by atoms with E-state index in [4.69, 9.17) is 0 Å². The molecule has 0 aromatic rings. The highest BCUT2D eigenvalue weighted by Crippen LogP contribution is 2.18. The second-order valence-corrected chi connectivity index (χ2v) is 5.56. The van der Waals surface area contributed by atoms with Crippen LogP contribution >= 0.6 is 0 Å². The van der Waals surface area contributed by atoms with Crippen molar-refractivity contribution in [3.05, 3.63) is 0 Å². The minimum atomic E-state index is -3.15. The maximum atomic E-state index is 11.3. The van der Waals surface area contributed by atoms with Crippen molar-refractivity contribution >= 4 is 15.9 Å². The first-order valence-corrected chi connectivity index (χ1v) is 6.46. The van der Waals surface area contributed by atoms with Crippen molar-refractivity contribution in [3.63, 3.8) is 0 Å². The quantitative estimate of drug-likeness (QED) is 0.676. The van der Waals surface area contributed by atoms with Crippen LogP contribution in [-0.4, -0.2) is 45.0 Å². The molecule has 0 aliphatic carbocycles. The molecule has 0 aromatic heterocycles. The average Bonchev–Trinajstić information content (AvgIpc) is 2.15. The monoisotopic (exact) mass is 220 g/mol. The molecule has 1 heterocycles. The maximum absolute atomic E-state index is 11.3. The average molecular weight is 220 g/mol. The first kappa shape index (κ1) is 11.5. The summed E-state index contributed by atoms with van der Waals surface area (Å²) in [5, 5.41) is 2.55. The lowest BCUT2D eigenvalue weighted by Gasteiger charge is -2.29. The molecular formula is C8H16N2O3S. The van der Waals surface area contributed by atoms with E-state index < -0.39 is 10.0 Å². The normalized spacial score (nSPS) is 24.6. The Morgan fingerprint density at radius 1 is 1.50 bits per heavy atom. The lowest BCUT2D eigenvalue weighted by molar-refractivity contribution is -0.125. The number of nitrogens with one attached hydrogen (secondary N) is 1. The number of hydrogen-bond acceptors (Lipinski definition) is 3. The van der Waals surface area contributed by atoms with Crippen LogP contribution in [0.15, 0.2) is 0 Å². The number of amides is 1. The van der Waals surface area contributed by atoms with Crippen molar-refractivity contribution in [3.8, 4) is 0 Å². The van der Waals surface area contributed by atoms with Crippen LogP contribution in [0.3, 0.4) is 0 Å². The van der Waals surface area contributed by atoms with Gasteiger partial charge in [0.2, 0.25) is 15.9 Å². The van der Waals surface area contributed by atoms with Gasteiger partial charge >= 0.3 is 0 Å². The molecular weight excluding hydrogens is 204 g/mol. The first-order chi connectivity index (χ1) is 6.45. The van der Waals surface area contributed by atoms with E-state index in [-0.39, 0.29) is 11.8 Å². The van der Waals surface area contributed by atoms with Crippen LogP contribution in [-0.2, 0) is 14.8 Å². The number of hydrogen-bond donors (Lipinski definition) is 1. The lowest BCUT2D eigenvalue weighted by atomic mass is 9.99. The highest BCUT2D eigenvalue weighted by Gasteiger charge is 2.29. The van der Waals surface area contributed by atoms with Crippen molar-refractivity contribution < 1.29 is 13.2 Å². The molecule has 0 saturated carbocycles. The number of sulfonamides is 1. The van der Waals surface area contributed by atoms with E-state index >= 15 is 0 Å². The molecule has 14 heavy (non-hydrogen) atoms. The fraction of sp³-hybridized carbons (Fsp3) is 0.875. The molecule has 82 valence electrons. The number of rotatable bonds is 2. The molecule has 0 radical (unpaired) electrons. The summed E-state index contributed by atoms with van der Waals surface area (Å²) < 4.78 is 23.8. The molecule has 6 heteroatoms. The van der Waals surface area contributed by atoms with Gasteiger partial charge in [-0.1, -0.05) is 0 Å². The molecule has 0 unspecified atom stereocenters. The highest BCUT2D eigenvalue weighted by atomic mass is 32.2. The van der Waals surface area contributed by atoms with Crippen LogP contribution in [0.25, 0.3) is 0 Å². The number of piperidine rings is 1. The minimum Gasteiger partial charge on any atom is -0.359 e. The third-order valence-electron chi connectivity index (χ3n) is 2.47. The number of carbonyl (C=O) groups is 1. The molecule has 1 aliphatic rings. The predicted molar refractivity (Wildman–Crippen MR) is 53.2 cm³/mol. The molecule has 1 N–H and O–H groups in total. The van der Waals surface area contributed by atoms with E-state index in [0.717, 1.165) is 12.8 Å². The summed E-state index contributed by atoms with van der Waals surface area (Å²) in [6.07, 6.45) is 2.70. The van der Waals surface area contributed by atoms with Crippen molar-refractivity contribution in [2.75, 3.05) is 26.4 Å². The van der Waals surface area contributed by atoms with Crippen LogP contribution in [0.5, 0.6) is 0 Å². The van der Waals surface area contributed by atoms with Gasteiger partial charge in [-0.25, -0.2) is 12.7 Å². The summed E-state index contributed by atoms with van der Waals surface area (Å²) in [4.78, 5) is 11.3. The molecule has 1 amide bonds. The van der Waals surface area contributed by atoms with Crippen molar-refractivity contribution in [1.29, 1.82) is 0 Å². The Kier molecular flexibility index (Phi) is 3.49. The van der Waals surface area contributed by atoms with Crippen LogP contribution in [0.1, 0.15) is 12.8 Å². The third-order valence-corrected chi connectivity index (χ3v) is 3.74. The molecule has 1 saturated heterocycles. The van der Waals surface area contributed by atoms with Gasteiger partial charge in [-0.05, 0) is 12.8 Å². The highest BCUT2D eigenvalue weighted by molar-refractivity contribution is 7.88. The van der Waals surface area contributed by atoms with Crippen LogP contribution in [0.4, 0.5) is 0 Å². The van der Waals surface area contributed by atoms with Crippen LogP contribution in [0, 0.1) is 5.92 Å². The Hall–Kier alpha value is -0.620. The summed E-state index contributed by atoms with van der Waals surface area (Å²) in [6.45, 7) is 0.852. The van der Waals surface area contributed by atoms with Gasteiger partial charge in [-0.15, -0.1) is 0 Å². The van der Waals surface area contributed by atoms with Gasteiger partial charge in [-0.3, -0.25) is 4.79 Å². The Balaban J connectivity index is 2.65. The predicted octanol–water partition coefficient (Wildman–Crippen LogP) is -0.596. The van der Waals surface area contributed by atoms with Crippen LogP contribution in [0.2, 0.25) is 0 Å². The molecule has 5 nitrogen and oxygen atoms in total. The van der Waals surface area contributed by atoms with E-state index in [9.17, 15) is 13.2 Å². The molecule has 1 aliphatic heterocycles. The van der Waals surface area contributed by atoms with Gasteiger partial charge in [0, 0.05) is 20.1 Å². The molecule has 1 fully saturated rings. The second-order valence-electron chi connectivity index (χ2n) is 3.57. The Labute approximate surface area is 84.5 Å². The maximum Gasteiger partial charge on any atom is 0.224 e. The molecule has 1 rings (SSSR count). The zero-order valence-electron chi connectivity index (χ0n) is 8.49. The molecule has 0 bridgehead atoms. The number of nitrogens with zero attached hydrogens (tertiary/aromatic N) is 1. The molecule has 1 atom stereocenters. The largest absolute Gasteiger partial charge is 0.359 e. The van der Waals surface area contributed by atoms with Gasteiger partial charge in [0.05, 0.1) is 12.2 Å². The lowest BCUT2D eigenvalue weighted by Crippen LogP contribution is -2.44. The zero-order valence-corrected chi connectivity index (χ0v) is 9.30. The van der Waals surface area contributed by atoms with Crippen molar-refractivity contribution in [2.24, 2.45) is 5.92 Å². The SMILES string of the molecule is CNC(=O)[C@H]1CCCN(S(C)(=O)=O)C1. The van der Waals surface area contributed by atoms with E-state index in [1.54, 1.807) is 7.05 Å².